The van der Waals surface area contributed by atoms with Gasteiger partial charge in [-0.3, -0.25) is 4.79 Å². The second kappa shape index (κ2) is 13.1. The van der Waals surface area contributed by atoms with Crippen LogP contribution < -0.4 is 10.1 Å². The van der Waals surface area contributed by atoms with Crippen LogP contribution in [0.15, 0.2) is 24.3 Å². The Kier molecular flexibility index (Phi) is 12.1. The standard InChI is InChI=1S/C17H22O5S.C6H13NO2/c1-11(18)9-12(10-23)15(19)21-16(20)13-7-5-6-8-14(13)22-17(2,3)4;1-6(2,3)9-5(8)7-4/h5-8,12,23H,9-10H2,1-4H3;1-4H3,(H,7,8). The van der Waals surface area contributed by atoms with Gasteiger partial charge < -0.3 is 24.3 Å². The summed E-state index contributed by atoms with van der Waals surface area (Å²) in [5, 5.41) is 2.36. The first-order valence-electron chi connectivity index (χ1n) is 10.1. The van der Waals surface area contributed by atoms with Crippen molar-refractivity contribution in [3.8, 4) is 5.75 Å². The monoisotopic (exact) mass is 469 g/mol. The van der Waals surface area contributed by atoms with Crippen molar-refractivity contribution in [2.45, 2.75) is 66.1 Å². The highest BCUT2D eigenvalue weighted by molar-refractivity contribution is 7.80. The molecule has 1 aromatic carbocycles. The highest BCUT2D eigenvalue weighted by Gasteiger charge is 2.26. The van der Waals surface area contributed by atoms with Gasteiger partial charge in [0.25, 0.3) is 0 Å². The molecule has 1 amide bonds. The minimum atomic E-state index is -0.801. The summed E-state index contributed by atoms with van der Waals surface area (Å²) in [7, 11) is 1.54. The number of Topliss-reactive ketones (excluding diaryl/α,β-unsaturated/α-hetero) is 1. The Labute approximate surface area is 195 Å². The first-order chi connectivity index (χ1) is 14.6. The molecule has 32 heavy (non-hydrogen) atoms. The smallest absolute Gasteiger partial charge is 0.407 e. The van der Waals surface area contributed by atoms with E-state index in [1.807, 2.05) is 41.5 Å². The maximum atomic E-state index is 12.2. The normalized spacial score (nSPS) is 11.9. The summed E-state index contributed by atoms with van der Waals surface area (Å²) in [6.45, 7) is 12.4. The fraction of sp³-hybridized carbons (Fsp3) is 0.565. The summed E-state index contributed by atoms with van der Waals surface area (Å²) >= 11 is 4.03. The summed E-state index contributed by atoms with van der Waals surface area (Å²) < 4.78 is 15.4. The highest BCUT2D eigenvalue weighted by atomic mass is 32.1. The molecule has 0 aromatic heterocycles. The summed E-state index contributed by atoms with van der Waals surface area (Å²) in [5.74, 6) is -1.99. The van der Waals surface area contributed by atoms with Crippen molar-refractivity contribution < 1.29 is 33.4 Å². The predicted octanol–water partition coefficient (Wildman–Crippen LogP) is 4.21. The third-order valence-electron chi connectivity index (χ3n) is 3.41. The van der Waals surface area contributed by atoms with Crippen molar-refractivity contribution >= 4 is 36.4 Å². The number of benzene rings is 1. The van der Waals surface area contributed by atoms with Crippen LogP contribution in [0.1, 0.15) is 65.2 Å². The van der Waals surface area contributed by atoms with Crippen molar-refractivity contribution in [2.75, 3.05) is 12.8 Å². The van der Waals surface area contributed by atoms with E-state index in [1.165, 1.54) is 20.0 Å². The van der Waals surface area contributed by atoms with Gasteiger partial charge in [-0.05, 0) is 60.6 Å². The molecule has 180 valence electrons. The molecule has 8 nitrogen and oxygen atoms in total. The van der Waals surface area contributed by atoms with E-state index in [2.05, 4.69) is 17.9 Å². The lowest BCUT2D eigenvalue weighted by Gasteiger charge is -2.22. The molecule has 0 aliphatic carbocycles. The van der Waals surface area contributed by atoms with E-state index in [0.29, 0.717) is 5.75 Å². The van der Waals surface area contributed by atoms with E-state index in [1.54, 1.807) is 18.2 Å². The molecule has 0 saturated heterocycles. The lowest BCUT2D eigenvalue weighted by molar-refractivity contribution is -0.143. The summed E-state index contributed by atoms with van der Waals surface area (Å²) in [6.07, 6.45) is -0.391. The highest BCUT2D eigenvalue weighted by Crippen LogP contribution is 2.24. The Morgan fingerprint density at radius 3 is 1.97 bits per heavy atom. The Balaban J connectivity index is 0.000000900. The Morgan fingerprint density at radius 1 is 1.00 bits per heavy atom. The molecule has 0 radical (unpaired) electrons. The topological polar surface area (TPSA) is 108 Å². The molecule has 1 atom stereocenters. The fourth-order valence-corrected chi connectivity index (χ4v) is 2.46. The minimum absolute atomic E-state index is 0.00422. The van der Waals surface area contributed by atoms with Crippen LogP contribution in [-0.2, 0) is 19.1 Å². The van der Waals surface area contributed by atoms with Crippen LogP contribution in [0.3, 0.4) is 0 Å². The largest absolute Gasteiger partial charge is 0.487 e. The van der Waals surface area contributed by atoms with E-state index in [9.17, 15) is 19.2 Å². The van der Waals surface area contributed by atoms with Crippen molar-refractivity contribution in [1.82, 2.24) is 5.32 Å². The summed E-state index contributed by atoms with van der Waals surface area (Å²) in [6, 6.07) is 6.55. The molecule has 0 spiro atoms. The first-order valence-corrected chi connectivity index (χ1v) is 10.8. The number of ketones is 1. The van der Waals surface area contributed by atoms with E-state index >= 15 is 0 Å². The van der Waals surface area contributed by atoms with E-state index in [-0.39, 0.29) is 35.2 Å². The van der Waals surface area contributed by atoms with Gasteiger partial charge in [0.05, 0.1) is 5.92 Å². The average molecular weight is 470 g/mol. The number of amides is 1. The van der Waals surface area contributed by atoms with Crippen LogP contribution in [0.4, 0.5) is 4.79 Å². The molecule has 1 N–H and O–H groups in total. The maximum absolute atomic E-state index is 12.2. The third kappa shape index (κ3) is 13.0. The number of alkyl carbamates (subject to hydrolysis) is 1. The Hall–Kier alpha value is -2.55. The van der Waals surface area contributed by atoms with Crippen LogP contribution in [0.25, 0.3) is 0 Å². The van der Waals surface area contributed by atoms with Gasteiger partial charge in [-0.2, -0.15) is 12.6 Å². The van der Waals surface area contributed by atoms with Crippen molar-refractivity contribution in [3.05, 3.63) is 29.8 Å². The van der Waals surface area contributed by atoms with Crippen molar-refractivity contribution in [2.24, 2.45) is 5.92 Å². The van der Waals surface area contributed by atoms with Gasteiger partial charge in [-0.15, -0.1) is 0 Å². The van der Waals surface area contributed by atoms with Gasteiger partial charge in [-0.25, -0.2) is 9.59 Å². The summed E-state index contributed by atoms with van der Waals surface area (Å²) in [5.41, 5.74) is -0.723. The summed E-state index contributed by atoms with van der Waals surface area (Å²) in [4.78, 5) is 45.9. The molecule has 1 aromatic rings. The van der Waals surface area contributed by atoms with E-state index in [0.717, 1.165) is 0 Å². The number of carbonyl (C=O) groups is 4. The molecule has 0 aliphatic heterocycles. The van der Waals surface area contributed by atoms with E-state index in [4.69, 9.17) is 14.2 Å². The van der Waals surface area contributed by atoms with E-state index < -0.39 is 23.5 Å². The van der Waals surface area contributed by atoms with Crippen LogP contribution >= 0.6 is 12.6 Å². The molecule has 0 heterocycles. The number of hydrogen-bond acceptors (Lipinski definition) is 8. The zero-order valence-electron chi connectivity index (χ0n) is 20.1. The predicted molar refractivity (Wildman–Crippen MR) is 125 cm³/mol. The van der Waals surface area contributed by atoms with Gasteiger partial charge in [0.15, 0.2) is 0 Å². The number of rotatable bonds is 6. The Morgan fingerprint density at radius 2 is 1.56 bits per heavy atom. The number of hydrogen-bond donors (Lipinski definition) is 2. The average Bonchev–Trinajstić information content (AvgIpc) is 2.64. The molecule has 0 saturated carbocycles. The number of carbonyl (C=O) groups excluding carboxylic acids is 4. The molecule has 0 bridgehead atoms. The lowest BCUT2D eigenvalue weighted by atomic mass is 10.1. The second-order valence-corrected chi connectivity index (χ2v) is 9.32. The van der Waals surface area contributed by atoms with Gasteiger partial charge in [0.1, 0.15) is 28.3 Å². The molecular formula is C23H35NO7S. The molecule has 1 rings (SSSR count). The fourth-order valence-electron chi connectivity index (χ4n) is 2.18. The zero-order valence-corrected chi connectivity index (χ0v) is 21.0. The SMILES string of the molecule is CC(=O)CC(CS)C(=O)OC(=O)c1ccccc1OC(C)(C)C.CNC(=O)OC(C)(C)C. The first kappa shape index (κ1) is 29.5. The van der Waals surface area contributed by atoms with Crippen LogP contribution in [0.2, 0.25) is 0 Å². The third-order valence-corrected chi connectivity index (χ3v) is 3.85. The Bertz CT molecular complexity index is 794. The second-order valence-electron chi connectivity index (χ2n) is 8.96. The van der Waals surface area contributed by atoms with Crippen molar-refractivity contribution in [3.63, 3.8) is 0 Å². The van der Waals surface area contributed by atoms with Gasteiger partial charge >= 0.3 is 18.0 Å². The van der Waals surface area contributed by atoms with Crippen LogP contribution in [0, 0.1) is 5.92 Å². The number of para-hydroxylation sites is 1. The number of ether oxygens (including phenoxy) is 3. The lowest BCUT2D eigenvalue weighted by Crippen LogP contribution is -2.30. The number of thiol groups is 1. The molecule has 9 heteroatoms. The van der Waals surface area contributed by atoms with Gasteiger partial charge in [0, 0.05) is 19.2 Å². The zero-order chi connectivity index (χ0) is 25.1. The van der Waals surface area contributed by atoms with Crippen LogP contribution in [-0.4, -0.2) is 47.8 Å². The maximum Gasteiger partial charge on any atom is 0.407 e. The number of nitrogens with one attached hydrogen (secondary N) is 1. The number of esters is 2. The van der Waals surface area contributed by atoms with Crippen LogP contribution in [0.5, 0.6) is 5.75 Å². The molecular weight excluding hydrogens is 434 g/mol. The van der Waals surface area contributed by atoms with Crippen molar-refractivity contribution in [1.29, 1.82) is 0 Å². The molecule has 0 fully saturated rings. The van der Waals surface area contributed by atoms with Gasteiger partial charge in [0.2, 0.25) is 0 Å². The molecule has 1 unspecified atom stereocenters. The minimum Gasteiger partial charge on any atom is -0.487 e. The molecule has 0 aliphatic rings. The van der Waals surface area contributed by atoms with Gasteiger partial charge in [-0.1, -0.05) is 12.1 Å². The quantitative estimate of drug-likeness (QED) is 0.365.